The zero-order valence-electron chi connectivity index (χ0n) is 69.8. The summed E-state index contributed by atoms with van der Waals surface area (Å²) < 4.78 is 56.5. The molecule has 0 spiro atoms. The zero-order chi connectivity index (χ0) is 92.3. The van der Waals surface area contributed by atoms with Crippen molar-refractivity contribution in [1.29, 1.82) is 0 Å². The number of rotatable bonds is 6. The average molecular weight is 2290 g/mol. The SMILES string of the molecule is C.C.Cc1c[nH]c(=O)cc1Br.Cc1cnc(N)cc1Br.Cc1cnc(NC(C)(C)C)cc1Br.Cc1cnc(OC2CC2)cc1-c1ccc(NC(=O)c2cncc(F)c2C)nc1.Cc1cnccc1Br.Cc1cnccc1Br.Cc1cnccc1Br.Cc1cnccc1N.Cc1cnccc1N.ClC(Cl)Cl.ClCCl.O.O=N[O-].O=N[O-].O=N[O-].O=S(=O)(O)O.[Na+].[Na+].[Na+]. The Morgan fingerprint density at radius 2 is 0.905 bits per heavy atom. The van der Waals surface area contributed by atoms with Crippen LogP contribution in [-0.2, 0) is 10.4 Å². The summed E-state index contributed by atoms with van der Waals surface area (Å²) in [5, 5.41) is 33.2. The molecule has 0 atom stereocenters. The van der Waals surface area contributed by atoms with Gasteiger partial charge in [0.05, 0.1) is 17.1 Å². The van der Waals surface area contributed by atoms with Crippen LogP contribution in [0, 0.1) is 105 Å². The Labute approximate surface area is 875 Å². The molecule has 126 heavy (non-hydrogen) atoms. The van der Waals surface area contributed by atoms with Crippen molar-refractivity contribution in [3.8, 4) is 17.0 Å². The second kappa shape index (κ2) is 80.1. The van der Waals surface area contributed by atoms with Crippen LogP contribution in [0.3, 0.4) is 0 Å². The molecule has 11 aromatic heterocycles. The number of carbonyl (C=O) groups excluding carboxylic acids is 1. The Morgan fingerprint density at radius 1 is 0.548 bits per heavy atom. The molecule has 1 aliphatic rings. The first-order valence-electron chi connectivity index (χ1n) is 33.4. The summed E-state index contributed by atoms with van der Waals surface area (Å²) in [6.07, 6.45) is 31.2. The number of amides is 1. The fourth-order valence-electron chi connectivity index (χ4n) is 7.10. The molecule has 1 amide bonds. The molecular weight excluding hydrogens is 2190 g/mol. The van der Waals surface area contributed by atoms with Gasteiger partial charge in [0.1, 0.15) is 29.4 Å². The van der Waals surface area contributed by atoms with Crippen molar-refractivity contribution in [1.82, 2.24) is 54.8 Å². The van der Waals surface area contributed by atoms with Crippen LogP contribution in [0.5, 0.6) is 5.88 Å². The Hall–Kier alpha value is -5.79. The number of pyridine rings is 11. The molecule has 1 aliphatic carbocycles. The van der Waals surface area contributed by atoms with Crippen LogP contribution in [-0.4, -0.2) is 105 Å². The van der Waals surface area contributed by atoms with E-state index in [1.807, 2.05) is 123 Å². The molecule has 676 valence electrons. The molecule has 1 saturated carbocycles. The standard InChI is InChI=1S/C21H19FN4O2.C10H15BrN2.C6H7BrN2.C6H6BrNO.3C6H6BrN.2C6H8N2.CHCl3.CH2Cl2.2CH4.3HNO2.3Na.H2O4S.H2O/c1-12-8-25-20(28-15-4-5-15)7-16(12)14-3-6-19(24-9-14)26-21(27)17-10-23-11-18(22)13(17)2;1-7-6-12-9(5-8(7)11)13-10(2,3)4;1-4-3-9-6(8)2-5(4)7;1-4-3-8-6(9)2-5(4)7;5*1-5-4-8-3-2-6(5)7;2-1(3)4;2-1-3;;;3*2-1-3;;;;1-5(2,3)4;/h3,6-11,15H,4-5H2,1-2H3,(H,24,26,27);5-6H,1-4H3,(H,12,13);2-3H,1H3,(H2,8,9);2-3H,1H3,(H,8,9);3*2-4H,1H3;2*2-4H,1H3,(H2,7,8);1H;1H2;2*1H4;3*(H,2,3);;;;(H2,1,2,3,4);1H2/q;;;;;;;;;;;;;;;;3*+1;;/p-3. The summed E-state index contributed by atoms with van der Waals surface area (Å²) in [4.78, 5) is 89.5. The van der Waals surface area contributed by atoms with E-state index < -0.39 is 26.4 Å². The molecule has 0 saturated heterocycles. The number of aryl methyl sites for hydroxylation is 9. The van der Waals surface area contributed by atoms with E-state index in [1.54, 1.807) is 92.4 Å². The van der Waals surface area contributed by atoms with E-state index in [9.17, 15) is 14.0 Å². The molecule has 1 fully saturated rings. The third kappa shape index (κ3) is 72.9. The van der Waals surface area contributed by atoms with E-state index >= 15 is 0 Å². The first-order valence-corrected chi connectivity index (χ1v) is 42.0. The average Bonchev–Trinajstić information content (AvgIpc) is 1.10. The summed E-state index contributed by atoms with van der Waals surface area (Å²) in [5.41, 5.74) is 30.1. The summed E-state index contributed by atoms with van der Waals surface area (Å²) in [6, 6.07) is 20.1. The molecule has 0 radical (unpaired) electrons. The Bertz CT molecular complexity index is 4640. The van der Waals surface area contributed by atoms with E-state index in [0.29, 0.717) is 17.5 Å². The number of nitrogen functional groups attached to an aromatic ring is 3. The van der Waals surface area contributed by atoms with Crippen molar-refractivity contribution in [2.45, 2.75) is 134 Å². The van der Waals surface area contributed by atoms with Gasteiger partial charge in [-0.3, -0.25) is 48.6 Å². The van der Waals surface area contributed by atoms with Crippen LogP contribution in [0.2, 0.25) is 0 Å². The van der Waals surface area contributed by atoms with Gasteiger partial charge in [-0.2, -0.15) is 8.42 Å². The molecule has 49 heteroatoms. The second-order valence-electron chi connectivity index (χ2n) is 24.1. The van der Waals surface area contributed by atoms with Gasteiger partial charge in [-0.05, 0) is 213 Å². The largest absolute Gasteiger partial charge is 1.00 e. The first-order chi connectivity index (χ1) is 56.2. The molecule has 13 N–H and O–H groups in total. The predicted octanol–water partition coefficient (Wildman–Crippen LogP) is 14.0. The number of nitrogens with two attached hydrogens (primary N) is 3. The van der Waals surface area contributed by atoms with Crippen LogP contribution in [0.4, 0.5) is 33.2 Å². The Kier molecular flexibility index (Phi) is 87.8. The Morgan fingerprint density at radius 3 is 1.21 bits per heavy atom. The fourth-order valence-corrected chi connectivity index (χ4v) is 8.74. The van der Waals surface area contributed by atoms with E-state index in [-0.39, 0.29) is 143 Å². The molecule has 0 bridgehead atoms. The number of carbonyl (C=O) groups is 1. The van der Waals surface area contributed by atoms with Crippen LogP contribution >= 0.6 is 154 Å². The molecule has 12 rings (SSSR count). The monoisotopic (exact) mass is 2280 g/mol. The molecule has 0 unspecified atom stereocenters. The zero-order valence-corrected chi connectivity index (χ0v) is 89.9. The number of aromatic amines is 1. The minimum absolute atomic E-state index is 0. The predicted molar refractivity (Wildman–Crippen MR) is 517 cm³/mol. The van der Waals surface area contributed by atoms with Crippen molar-refractivity contribution in [2.75, 3.05) is 33.2 Å². The van der Waals surface area contributed by atoms with Gasteiger partial charge in [-0.1, -0.05) is 145 Å². The number of hydrogen-bond donors (Lipinski definition) is 8. The van der Waals surface area contributed by atoms with Gasteiger partial charge >= 0.3 is 99.1 Å². The first kappa shape index (κ1) is 138. The quantitative estimate of drug-likeness (QED) is 0.0252. The number of alkyl halides is 5. The van der Waals surface area contributed by atoms with Crippen molar-refractivity contribution in [3.05, 3.63) is 307 Å². The smallest absolute Gasteiger partial charge is 0.474 e. The van der Waals surface area contributed by atoms with Crippen LogP contribution in [0.15, 0.2) is 220 Å². The van der Waals surface area contributed by atoms with Crippen molar-refractivity contribution in [3.63, 3.8) is 0 Å². The maximum Gasteiger partial charge on any atom is 1.00 e. The molecule has 11 heterocycles. The number of hydrogen-bond acceptors (Lipinski definition) is 28. The number of halogens is 12. The van der Waals surface area contributed by atoms with Gasteiger partial charge in [0, 0.05) is 166 Å². The van der Waals surface area contributed by atoms with Gasteiger partial charge in [0.25, 0.3) is 5.91 Å². The molecule has 33 nitrogen and oxygen atoms in total. The third-order valence-corrected chi connectivity index (χ3v) is 18.5. The summed E-state index contributed by atoms with van der Waals surface area (Å²) in [5.74, 6) is 1.46. The second-order valence-corrected chi connectivity index (χ2v) is 32.9. The van der Waals surface area contributed by atoms with Gasteiger partial charge in [-0.15, -0.1) is 39.2 Å². The summed E-state index contributed by atoms with van der Waals surface area (Å²) in [7, 11) is -4.67. The van der Waals surface area contributed by atoms with Gasteiger partial charge in [-0.25, -0.2) is 24.3 Å². The van der Waals surface area contributed by atoms with E-state index in [0.717, 1.165) is 124 Å². The minimum atomic E-state index is -4.67. The third-order valence-electron chi connectivity index (χ3n) is 13.3. The molecule has 11 aromatic rings. The summed E-state index contributed by atoms with van der Waals surface area (Å²) >= 11 is 44.0. The van der Waals surface area contributed by atoms with Gasteiger partial charge in [0.2, 0.25) is 11.4 Å². The van der Waals surface area contributed by atoms with E-state index in [2.05, 4.69) is 182 Å². The number of nitrogens with one attached hydrogen (secondary N) is 3. The molecule has 0 aromatic carbocycles. The van der Waals surface area contributed by atoms with E-state index in [1.165, 1.54) is 35.9 Å². The normalized spacial score (nSPS) is 9.59. The topological polar surface area (TPSA) is 554 Å². The van der Waals surface area contributed by atoms with Gasteiger partial charge < -0.3 is 73.4 Å². The minimum Gasteiger partial charge on any atom is -0.474 e. The van der Waals surface area contributed by atoms with Crippen LogP contribution in [0.1, 0.15) is 114 Å². The number of anilines is 5. The maximum atomic E-state index is 13.6. The van der Waals surface area contributed by atoms with E-state index in [4.69, 9.17) is 128 Å². The van der Waals surface area contributed by atoms with Gasteiger partial charge in [0.15, 0.2) is 4.30 Å². The van der Waals surface area contributed by atoms with Crippen molar-refractivity contribution >= 4 is 199 Å². The number of nitrogens with zero attached hydrogens (tertiary/aromatic N) is 13. The number of ether oxygens (including phenoxy) is 1. The number of aromatic nitrogens is 11. The van der Waals surface area contributed by atoms with Crippen molar-refractivity contribution in [2.24, 2.45) is 16.0 Å². The van der Waals surface area contributed by atoms with Crippen molar-refractivity contribution < 1.29 is 126 Å². The fraction of sp³-hybridized carbons (Fsp3) is 0.273. The summed E-state index contributed by atoms with van der Waals surface area (Å²) in [6.45, 7) is 25.7. The molecular formula is C77H96Br6Cl5FN19Na3O14S. The number of H-pyrrole nitrogens is 1. The van der Waals surface area contributed by atoms with Crippen LogP contribution < -0.4 is 127 Å². The molecule has 0 aliphatic heterocycles. The maximum absolute atomic E-state index is 13.6. The van der Waals surface area contributed by atoms with Crippen LogP contribution in [0.25, 0.3) is 11.1 Å². The Balaban J connectivity index is -0.000000175.